The Hall–Kier alpha value is -2.39. The third-order valence-corrected chi connectivity index (χ3v) is 8.45. The fourth-order valence-electron chi connectivity index (χ4n) is 5.04. The second kappa shape index (κ2) is 18.3. The Kier molecular flexibility index (Phi) is 15.6. The van der Waals surface area contributed by atoms with Crippen LogP contribution >= 0.6 is 11.6 Å². The molecule has 0 bridgehead atoms. The Balaban J connectivity index is 0.00000301. The van der Waals surface area contributed by atoms with E-state index in [1.54, 1.807) is 6.07 Å². The maximum Gasteiger partial charge on any atom is 0.219 e. The molecule has 1 heterocycles. The number of nitrogens with one attached hydrogen (secondary N) is 1. The van der Waals surface area contributed by atoms with E-state index in [2.05, 4.69) is 68.5 Å². The molecule has 0 saturated carbocycles. The van der Waals surface area contributed by atoms with E-state index in [-0.39, 0.29) is 11.5 Å². The summed E-state index contributed by atoms with van der Waals surface area (Å²) >= 11 is 6.37. The zero-order chi connectivity index (χ0) is 31.1. The largest absolute Gasteiger partial charge is 0.491 e. The quantitative estimate of drug-likeness (QED) is 0.178. The predicted octanol–water partition coefficient (Wildman–Crippen LogP) is 6.83. The smallest absolute Gasteiger partial charge is 0.219 e. The van der Waals surface area contributed by atoms with Crippen molar-refractivity contribution in [2.24, 2.45) is 5.92 Å². The summed E-state index contributed by atoms with van der Waals surface area (Å²) in [5, 5.41) is 7.75. The zero-order valence-electron chi connectivity index (χ0n) is 26.0. The van der Waals surface area contributed by atoms with E-state index in [0.29, 0.717) is 30.4 Å². The molecule has 0 aromatic heterocycles. The van der Waals surface area contributed by atoms with E-state index in [1.165, 1.54) is 11.1 Å². The molecule has 0 radical (unpaired) electrons. The molecule has 3 atom stereocenters. The van der Waals surface area contributed by atoms with Crippen LogP contribution in [0.2, 0.25) is 5.02 Å². The Labute approximate surface area is 260 Å². The Morgan fingerprint density at radius 1 is 1.19 bits per heavy atom. The molecule has 1 aliphatic heterocycles. The van der Waals surface area contributed by atoms with Crippen LogP contribution in [0.1, 0.15) is 77.3 Å². The van der Waals surface area contributed by atoms with Gasteiger partial charge >= 0.3 is 0 Å². The third-order valence-electron chi connectivity index (χ3n) is 7.22. The van der Waals surface area contributed by atoms with Crippen molar-refractivity contribution in [3.8, 4) is 5.75 Å². The number of carbonyl (C=O) groups excluding carboxylic acids is 1. The van der Waals surface area contributed by atoms with Crippen LogP contribution in [-0.4, -0.2) is 54.7 Å². The molecule has 3 unspecified atom stereocenters. The number of aliphatic hydroxyl groups is 1. The Bertz CT molecular complexity index is 1170. The average molecular weight is 621 g/mol. The topological polar surface area (TPSA) is 88.1 Å². The predicted molar refractivity (Wildman–Crippen MR) is 174 cm³/mol. The van der Waals surface area contributed by atoms with Crippen molar-refractivity contribution in [2.75, 3.05) is 38.3 Å². The highest BCUT2D eigenvalue weighted by Crippen LogP contribution is 2.38. The first-order valence-electron chi connectivity index (χ1n) is 14.8. The molecular formula is C33H49ClN2O5S. The number of anilines is 1. The fraction of sp³-hybridized carbons (Fsp3) is 0.545. The molecule has 2 N–H and O–H groups in total. The summed E-state index contributed by atoms with van der Waals surface area (Å²) in [4.78, 5) is 13.8. The van der Waals surface area contributed by atoms with Crippen molar-refractivity contribution in [1.29, 1.82) is 0 Å². The van der Waals surface area contributed by atoms with Gasteiger partial charge < -0.3 is 19.5 Å². The average Bonchev–Trinajstić information content (AvgIpc) is 3.14. The number of hydrogen-bond donors (Lipinski definition) is 2. The number of fused-ring (bicyclic) bond motifs is 1. The summed E-state index contributed by atoms with van der Waals surface area (Å²) in [5.41, 5.74) is 3.30. The number of rotatable bonds is 14. The number of aryl methyl sites for hydroxylation is 1. The highest BCUT2D eigenvalue weighted by Gasteiger charge is 2.27. The lowest BCUT2D eigenvalue weighted by Crippen LogP contribution is -2.31. The lowest BCUT2D eigenvalue weighted by molar-refractivity contribution is -0.108. The molecule has 2 aromatic rings. The first-order valence-corrected chi connectivity index (χ1v) is 16.3. The molecule has 0 spiro atoms. The van der Waals surface area contributed by atoms with E-state index in [4.69, 9.17) is 26.2 Å². The highest BCUT2D eigenvalue weighted by molar-refractivity contribution is 7.83. The number of allylic oxidation sites excluding steroid dienone is 1. The van der Waals surface area contributed by atoms with Gasteiger partial charge in [-0.05, 0) is 87.4 Å². The van der Waals surface area contributed by atoms with Crippen molar-refractivity contribution in [2.45, 2.75) is 83.1 Å². The number of halogens is 1. The number of aliphatic hydroxyl groups excluding tert-OH is 1. The van der Waals surface area contributed by atoms with Gasteiger partial charge in [-0.25, -0.2) is 4.21 Å². The minimum atomic E-state index is -1.62. The lowest BCUT2D eigenvalue weighted by Gasteiger charge is -2.29. The van der Waals surface area contributed by atoms with Crippen molar-refractivity contribution >= 4 is 34.7 Å². The lowest BCUT2D eigenvalue weighted by atomic mass is 9.91. The van der Waals surface area contributed by atoms with E-state index in [9.17, 15) is 9.00 Å². The molecule has 234 valence electrons. The minimum Gasteiger partial charge on any atom is -0.491 e. The zero-order valence-corrected chi connectivity index (χ0v) is 27.6. The Morgan fingerprint density at radius 3 is 2.62 bits per heavy atom. The van der Waals surface area contributed by atoms with Gasteiger partial charge in [0.2, 0.25) is 6.41 Å². The molecular weight excluding hydrogens is 572 g/mol. The van der Waals surface area contributed by atoms with Gasteiger partial charge in [0.05, 0.1) is 29.4 Å². The number of nitrogens with zero attached hydrogens (tertiary/aromatic N) is 1. The number of ether oxygens (including phenoxy) is 2. The molecule has 42 heavy (non-hydrogen) atoms. The normalized spacial score (nSPS) is 16.5. The van der Waals surface area contributed by atoms with Crippen molar-refractivity contribution in [3.05, 3.63) is 64.7 Å². The number of benzene rings is 2. The standard InChI is InChI=1S/C32H45ClN2O4S.CH4O/c1-6-10-25-19-27(33)12-14-29(25)26-21-35(17-16-24(7-2)11-8-9-18-39-32(3,4)5)30-20-28(40(37)34-23-36)13-15-31(30)38-22-26;1-2/h8-9,12-15,19-20,23-24,26H,6-7,10-11,16-18,21-22H2,1-5H3,(H,34,36);2H,1H3/b9-8+;. The molecule has 0 aliphatic carbocycles. The highest BCUT2D eigenvalue weighted by atomic mass is 35.5. The summed E-state index contributed by atoms with van der Waals surface area (Å²) in [6, 6.07) is 11.7. The van der Waals surface area contributed by atoms with Crippen LogP contribution in [0.3, 0.4) is 0 Å². The van der Waals surface area contributed by atoms with E-state index in [1.807, 2.05) is 18.2 Å². The monoisotopic (exact) mass is 620 g/mol. The van der Waals surface area contributed by atoms with Crippen molar-refractivity contribution in [1.82, 2.24) is 4.72 Å². The van der Waals surface area contributed by atoms with E-state index in [0.717, 1.165) is 68.8 Å². The second-order valence-electron chi connectivity index (χ2n) is 11.4. The van der Waals surface area contributed by atoms with Gasteiger partial charge in [0.1, 0.15) is 5.75 Å². The van der Waals surface area contributed by atoms with E-state index < -0.39 is 11.0 Å². The Morgan fingerprint density at radius 2 is 1.95 bits per heavy atom. The number of carbonyl (C=O) groups is 1. The van der Waals surface area contributed by atoms with Gasteiger partial charge in [-0.15, -0.1) is 0 Å². The van der Waals surface area contributed by atoms with E-state index >= 15 is 0 Å². The molecule has 0 fully saturated rings. The summed E-state index contributed by atoms with van der Waals surface area (Å²) in [6.07, 6.45) is 9.91. The number of hydrogen-bond acceptors (Lipinski definition) is 6. The van der Waals surface area contributed by atoms with Crippen LogP contribution in [0.5, 0.6) is 5.75 Å². The van der Waals surface area contributed by atoms with Gasteiger partial charge in [0.25, 0.3) is 0 Å². The van der Waals surface area contributed by atoms with Gasteiger partial charge in [-0.2, -0.15) is 0 Å². The summed E-state index contributed by atoms with van der Waals surface area (Å²) < 4.78 is 27.1. The molecule has 3 rings (SSSR count). The first kappa shape index (κ1) is 35.8. The SMILES string of the molecule is CCCc1cc(Cl)ccc1C1COc2ccc(S(=O)NC=O)cc2N(CCC(CC)C/C=C/COC(C)(C)C)C1.CO. The van der Waals surface area contributed by atoms with Gasteiger partial charge in [0, 0.05) is 31.1 Å². The molecule has 1 amide bonds. The second-order valence-corrected chi connectivity index (χ2v) is 13.1. The van der Waals surface area contributed by atoms with Crippen molar-refractivity contribution < 1.29 is 23.6 Å². The van der Waals surface area contributed by atoms with Crippen molar-refractivity contribution in [3.63, 3.8) is 0 Å². The molecule has 0 saturated heterocycles. The van der Waals surface area contributed by atoms with Crippen LogP contribution in [0, 0.1) is 5.92 Å². The van der Waals surface area contributed by atoms with Crippen LogP contribution in [0.15, 0.2) is 53.4 Å². The van der Waals surface area contributed by atoms with Crippen LogP contribution < -0.4 is 14.4 Å². The molecule has 9 heteroatoms. The fourth-order valence-corrected chi connectivity index (χ4v) is 5.87. The maximum atomic E-state index is 12.6. The molecule has 1 aliphatic rings. The maximum absolute atomic E-state index is 12.6. The van der Waals surface area contributed by atoms with Crippen LogP contribution in [0.25, 0.3) is 0 Å². The van der Waals surface area contributed by atoms with Gasteiger partial charge in [-0.3, -0.25) is 9.52 Å². The first-order chi connectivity index (χ1) is 20.1. The number of amides is 1. The van der Waals surface area contributed by atoms with Crippen LogP contribution in [0.4, 0.5) is 5.69 Å². The minimum absolute atomic E-state index is 0.141. The molecule has 7 nitrogen and oxygen atoms in total. The third kappa shape index (κ3) is 11.4. The van der Waals surface area contributed by atoms with Crippen LogP contribution in [-0.2, 0) is 26.9 Å². The van der Waals surface area contributed by atoms with Gasteiger partial charge in [-0.1, -0.05) is 56.5 Å². The summed E-state index contributed by atoms with van der Waals surface area (Å²) in [5.74, 6) is 1.45. The summed E-state index contributed by atoms with van der Waals surface area (Å²) in [6.45, 7) is 13.4. The molecule has 2 aromatic carbocycles. The van der Waals surface area contributed by atoms with Gasteiger partial charge in [0.15, 0.2) is 11.0 Å². The summed E-state index contributed by atoms with van der Waals surface area (Å²) in [7, 11) is -0.619.